The lowest BCUT2D eigenvalue weighted by Crippen LogP contribution is -2.35. The summed E-state index contributed by atoms with van der Waals surface area (Å²) in [7, 11) is 0. The van der Waals surface area contributed by atoms with Gasteiger partial charge in [-0.1, -0.05) is 11.6 Å². The number of hydrogen-bond acceptors (Lipinski definition) is 6. The van der Waals surface area contributed by atoms with Crippen molar-refractivity contribution in [3.05, 3.63) is 62.6 Å². The Bertz CT molecular complexity index is 1050. The number of aromatic nitrogens is 3. The maximum atomic E-state index is 13.3. The lowest BCUT2D eigenvalue weighted by atomic mass is 10.0. The number of thiazole rings is 1. The summed E-state index contributed by atoms with van der Waals surface area (Å²) in [6.07, 6.45) is 0. The van der Waals surface area contributed by atoms with Crippen molar-refractivity contribution in [1.29, 1.82) is 0 Å². The van der Waals surface area contributed by atoms with Crippen molar-refractivity contribution in [2.24, 2.45) is 0 Å². The number of carbonyl (C=O) groups is 2. The number of amides is 1. The smallest absolute Gasteiger partial charge is 0.333 e. The fourth-order valence-electron chi connectivity index (χ4n) is 2.94. The van der Waals surface area contributed by atoms with E-state index in [0.717, 1.165) is 11.3 Å². The Hall–Kier alpha value is -2.78. The van der Waals surface area contributed by atoms with Gasteiger partial charge in [0, 0.05) is 16.6 Å². The number of carbonyl (C=O) groups excluding carboxylic acids is 2. The molecule has 0 aliphatic carbocycles. The Kier molecular flexibility index (Phi) is 6.29. The number of rotatable bonds is 6. The van der Waals surface area contributed by atoms with Gasteiger partial charge in [-0.05, 0) is 45.0 Å². The van der Waals surface area contributed by atoms with Crippen LogP contribution in [-0.2, 0) is 9.53 Å². The third kappa shape index (κ3) is 4.46. The third-order valence-electron chi connectivity index (χ3n) is 4.21. The Labute approximate surface area is 175 Å². The minimum atomic E-state index is -1.09. The van der Waals surface area contributed by atoms with Crippen molar-refractivity contribution in [2.45, 2.75) is 26.8 Å². The highest BCUT2D eigenvalue weighted by Crippen LogP contribution is 2.26. The van der Waals surface area contributed by atoms with Gasteiger partial charge in [-0.25, -0.2) is 18.9 Å². The molecule has 0 bridgehead atoms. The summed E-state index contributed by atoms with van der Waals surface area (Å²) in [5.41, 5.74) is 2.38. The molecule has 0 saturated heterocycles. The molecule has 1 atom stereocenters. The maximum absolute atomic E-state index is 13.3. The van der Waals surface area contributed by atoms with Crippen molar-refractivity contribution in [3.63, 3.8) is 0 Å². The van der Waals surface area contributed by atoms with Gasteiger partial charge in [0.05, 0.1) is 18.0 Å². The first-order valence-corrected chi connectivity index (χ1v) is 9.98. The Morgan fingerprint density at radius 1 is 1.31 bits per heavy atom. The van der Waals surface area contributed by atoms with E-state index in [1.54, 1.807) is 37.6 Å². The number of benzene rings is 1. The van der Waals surface area contributed by atoms with Crippen LogP contribution in [0.1, 0.15) is 40.4 Å². The van der Waals surface area contributed by atoms with Crippen LogP contribution in [0.4, 0.5) is 4.39 Å². The van der Waals surface area contributed by atoms with Crippen LogP contribution in [0.2, 0.25) is 4.47 Å². The van der Waals surface area contributed by atoms with Crippen LogP contribution >= 0.6 is 22.9 Å². The standard InChI is InChI=1S/C19H18ClFN4O3S/c1-4-28-18(27)16(23-17(26)14-9-29-19(20)22-14)15-10(2)24-25(11(15)3)13-7-5-12(21)6-8-13/h5-9,16H,4H2,1-3H3,(H,23,26)/t16-/m0/s1. The van der Waals surface area contributed by atoms with E-state index < -0.39 is 17.9 Å². The molecule has 2 heterocycles. The van der Waals surface area contributed by atoms with Crippen molar-refractivity contribution < 1.29 is 18.7 Å². The van der Waals surface area contributed by atoms with E-state index in [9.17, 15) is 14.0 Å². The van der Waals surface area contributed by atoms with Crippen LogP contribution in [0.5, 0.6) is 0 Å². The zero-order valence-electron chi connectivity index (χ0n) is 15.9. The monoisotopic (exact) mass is 436 g/mol. The van der Waals surface area contributed by atoms with Crippen molar-refractivity contribution in [3.8, 4) is 5.69 Å². The van der Waals surface area contributed by atoms with Gasteiger partial charge < -0.3 is 10.1 Å². The highest BCUT2D eigenvalue weighted by molar-refractivity contribution is 7.14. The molecular weight excluding hydrogens is 419 g/mol. The van der Waals surface area contributed by atoms with Crippen LogP contribution in [-0.4, -0.2) is 33.2 Å². The molecule has 0 saturated carbocycles. The van der Waals surface area contributed by atoms with Gasteiger partial charge in [0.25, 0.3) is 5.91 Å². The number of esters is 1. The maximum Gasteiger partial charge on any atom is 0.333 e. The summed E-state index contributed by atoms with van der Waals surface area (Å²) in [6.45, 7) is 5.31. The molecule has 3 aromatic rings. The van der Waals surface area contributed by atoms with E-state index in [1.807, 2.05) is 0 Å². The normalized spacial score (nSPS) is 11.9. The number of hydrogen-bond donors (Lipinski definition) is 1. The first kappa shape index (κ1) is 20.9. The Morgan fingerprint density at radius 2 is 2.00 bits per heavy atom. The molecule has 0 unspecified atom stereocenters. The quantitative estimate of drug-likeness (QED) is 0.594. The van der Waals surface area contributed by atoms with E-state index in [0.29, 0.717) is 22.6 Å². The number of nitrogens with one attached hydrogen (secondary N) is 1. The van der Waals surface area contributed by atoms with Gasteiger partial charge in [0.1, 0.15) is 11.5 Å². The molecule has 0 aliphatic rings. The summed E-state index contributed by atoms with van der Waals surface area (Å²) < 4.78 is 20.2. The average Bonchev–Trinajstić information content (AvgIpc) is 3.24. The van der Waals surface area contributed by atoms with Crippen LogP contribution < -0.4 is 5.32 Å². The topological polar surface area (TPSA) is 86.1 Å². The summed E-state index contributed by atoms with van der Waals surface area (Å²) in [5, 5.41) is 8.62. The van der Waals surface area contributed by atoms with Gasteiger partial charge in [0.15, 0.2) is 10.5 Å². The summed E-state index contributed by atoms with van der Waals surface area (Å²) in [6, 6.07) is 4.71. The van der Waals surface area contributed by atoms with E-state index in [2.05, 4.69) is 15.4 Å². The predicted octanol–water partition coefficient (Wildman–Crippen LogP) is 3.77. The molecule has 1 aromatic carbocycles. The van der Waals surface area contributed by atoms with E-state index in [4.69, 9.17) is 16.3 Å². The van der Waals surface area contributed by atoms with Crippen molar-refractivity contribution >= 4 is 34.8 Å². The predicted molar refractivity (Wildman–Crippen MR) is 107 cm³/mol. The van der Waals surface area contributed by atoms with Gasteiger partial charge in [-0.15, -0.1) is 11.3 Å². The molecule has 3 rings (SSSR count). The van der Waals surface area contributed by atoms with Crippen molar-refractivity contribution in [2.75, 3.05) is 6.61 Å². The zero-order valence-corrected chi connectivity index (χ0v) is 17.5. The lowest BCUT2D eigenvalue weighted by molar-refractivity contribution is -0.145. The number of nitrogens with zero attached hydrogens (tertiary/aromatic N) is 3. The fraction of sp³-hybridized carbons (Fsp3) is 0.263. The minimum Gasteiger partial charge on any atom is -0.464 e. The summed E-state index contributed by atoms with van der Waals surface area (Å²) in [5.74, 6) is -1.54. The molecule has 0 aliphatic heterocycles. The minimum absolute atomic E-state index is 0.107. The average molecular weight is 437 g/mol. The summed E-state index contributed by atoms with van der Waals surface area (Å²) in [4.78, 5) is 29.2. The molecule has 10 heteroatoms. The number of halogens is 2. The summed E-state index contributed by atoms with van der Waals surface area (Å²) >= 11 is 6.91. The number of aryl methyl sites for hydroxylation is 1. The second-order valence-electron chi connectivity index (χ2n) is 6.12. The zero-order chi connectivity index (χ0) is 21.1. The SMILES string of the molecule is CCOC(=O)[C@@H](NC(=O)c1csc(Cl)n1)c1c(C)nn(-c2ccc(F)cc2)c1C. The molecule has 1 N–H and O–H groups in total. The molecule has 0 radical (unpaired) electrons. The highest BCUT2D eigenvalue weighted by atomic mass is 35.5. The van der Waals surface area contributed by atoms with Crippen LogP contribution in [0.25, 0.3) is 5.69 Å². The van der Waals surface area contributed by atoms with E-state index in [-0.39, 0.29) is 22.6 Å². The lowest BCUT2D eigenvalue weighted by Gasteiger charge is -2.18. The van der Waals surface area contributed by atoms with Crippen LogP contribution in [0, 0.1) is 19.7 Å². The molecule has 1 amide bonds. The largest absolute Gasteiger partial charge is 0.464 e. The second-order valence-corrected chi connectivity index (χ2v) is 7.56. The molecule has 29 heavy (non-hydrogen) atoms. The van der Waals surface area contributed by atoms with Gasteiger partial charge >= 0.3 is 5.97 Å². The van der Waals surface area contributed by atoms with E-state index >= 15 is 0 Å². The molecule has 152 valence electrons. The van der Waals surface area contributed by atoms with Crippen LogP contribution in [0.15, 0.2) is 29.6 Å². The second kappa shape index (κ2) is 8.71. The van der Waals surface area contributed by atoms with Gasteiger partial charge in [-0.2, -0.15) is 5.10 Å². The van der Waals surface area contributed by atoms with Crippen LogP contribution in [0.3, 0.4) is 0 Å². The third-order valence-corrected chi connectivity index (χ3v) is 5.19. The fourth-order valence-corrected chi connectivity index (χ4v) is 3.69. The highest BCUT2D eigenvalue weighted by Gasteiger charge is 2.31. The molecule has 2 aromatic heterocycles. The Morgan fingerprint density at radius 3 is 2.59 bits per heavy atom. The molecule has 0 spiro atoms. The van der Waals surface area contributed by atoms with E-state index in [1.165, 1.54) is 17.5 Å². The van der Waals surface area contributed by atoms with Gasteiger partial charge in [0.2, 0.25) is 0 Å². The van der Waals surface area contributed by atoms with Crippen molar-refractivity contribution in [1.82, 2.24) is 20.1 Å². The molecule has 7 nitrogen and oxygen atoms in total. The number of ether oxygens (including phenoxy) is 1. The Balaban J connectivity index is 2.00. The van der Waals surface area contributed by atoms with Gasteiger partial charge in [-0.3, -0.25) is 4.79 Å². The molecular formula is C19H18ClFN4O3S. The molecule has 0 fully saturated rings. The first-order valence-electron chi connectivity index (χ1n) is 8.72. The first-order chi connectivity index (χ1) is 13.8.